The fraction of sp³-hybridized carbons (Fsp3) is 0.308. The summed E-state index contributed by atoms with van der Waals surface area (Å²) in [5.74, 6) is -0.174. The van der Waals surface area contributed by atoms with E-state index in [1.165, 1.54) is 0 Å². The second kappa shape index (κ2) is 8.22. The molecule has 0 spiro atoms. The Morgan fingerprint density at radius 3 is 2.79 bits per heavy atom. The molecule has 0 unspecified atom stereocenters. The average molecular weight is 454 g/mol. The van der Waals surface area contributed by atoms with E-state index in [2.05, 4.69) is 50.7 Å². The van der Waals surface area contributed by atoms with Crippen LogP contribution in [-0.2, 0) is 13.5 Å². The van der Waals surface area contributed by atoms with Crippen molar-refractivity contribution >= 4 is 28.1 Å². The van der Waals surface area contributed by atoms with E-state index < -0.39 is 0 Å². The molecule has 0 atom stereocenters. The number of benzene rings is 1. The summed E-state index contributed by atoms with van der Waals surface area (Å²) < 4.78 is 3.81. The molecule has 34 heavy (non-hydrogen) atoms. The third kappa shape index (κ3) is 3.80. The summed E-state index contributed by atoms with van der Waals surface area (Å²) in [5, 5.41) is 13.1. The second-order valence-electron chi connectivity index (χ2n) is 9.31. The van der Waals surface area contributed by atoms with Crippen molar-refractivity contribution in [3.8, 4) is 0 Å². The zero-order valence-electron chi connectivity index (χ0n) is 19.4. The summed E-state index contributed by atoms with van der Waals surface area (Å²) in [4.78, 5) is 20.0. The molecule has 2 aliphatic rings. The molecule has 1 aliphatic carbocycles. The first kappa shape index (κ1) is 20.8. The van der Waals surface area contributed by atoms with Gasteiger partial charge in [0.15, 0.2) is 0 Å². The molecule has 0 bridgehead atoms. The third-order valence-electron chi connectivity index (χ3n) is 6.87. The minimum Gasteiger partial charge on any atom is -0.319 e. The maximum Gasteiger partial charge on any atom is 0.257 e. The predicted octanol–water partition coefficient (Wildman–Crippen LogP) is 3.67. The van der Waals surface area contributed by atoms with Gasteiger partial charge >= 0.3 is 0 Å². The molecule has 1 amide bonds. The topological polar surface area (TPSA) is 80.9 Å². The minimum atomic E-state index is -0.174. The molecule has 6 rings (SSSR count). The van der Waals surface area contributed by atoms with Crippen molar-refractivity contribution in [1.29, 1.82) is 0 Å². The zero-order chi connectivity index (χ0) is 23.2. The number of anilines is 1. The van der Waals surface area contributed by atoms with Crippen molar-refractivity contribution in [3.63, 3.8) is 0 Å². The SMILES string of the molecule is CN1CCC(n2cc(NC(=O)c3cnc4c(c3)C(c3ccc5nn(C)cc5c3)=CC4)cn2)CC1. The number of likely N-dealkylation sites (tertiary alicyclic amines) is 1. The Kier molecular flexibility index (Phi) is 5.03. The number of nitrogens with zero attached hydrogens (tertiary/aromatic N) is 6. The van der Waals surface area contributed by atoms with E-state index in [0.29, 0.717) is 17.3 Å². The van der Waals surface area contributed by atoms with Crippen LogP contribution in [0.3, 0.4) is 0 Å². The summed E-state index contributed by atoms with van der Waals surface area (Å²) in [6.07, 6.45) is 12.4. The monoisotopic (exact) mass is 453 g/mol. The molecule has 1 saturated heterocycles. The van der Waals surface area contributed by atoms with E-state index in [4.69, 9.17) is 0 Å². The standard InChI is InChI=1S/C26H27N7O/c1-31-9-7-21(8-10-31)33-16-20(14-28-33)29-26(34)18-12-23-22(4-6-25(23)27-13-18)17-3-5-24-19(11-17)15-32(2)30-24/h3-5,11-16,21H,6-10H2,1-2H3,(H,29,34). The maximum absolute atomic E-state index is 13.0. The van der Waals surface area contributed by atoms with Crippen molar-refractivity contribution in [3.05, 3.63) is 77.5 Å². The number of rotatable bonds is 4. The highest BCUT2D eigenvalue weighted by atomic mass is 16.1. The molecule has 0 saturated carbocycles. The first-order valence-electron chi connectivity index (χ1n) is 11.7. The highest BCUT2D eigenvalue weighted by Crippen LogP contribution is 2.33. The number of pyridine rings is 1. The lowest BCUT2D eigenvalue weighted by Crippen LogP contribution is -2.31. The van der Waals surface area contributed by atoms with Gasteiger partial charge in [-0.15, -0.1) is 0 Å². The van der Waals surface area contributed by atoms with E-state index in [0.717, 1.165) is 65.6 Å². The van der Waals surface area contributed by atoms with Gasteiger partial charge in [-0.05, 0) is 62.3 Å². The summed E-state index contributed by atoms with van der Waals surface area (Å²) in [6.45, 7) is 2.13. The number of piperidine rings is 1. The number of carbonyl (C=O) groups is 1. The molecule has 8 nitrogen and oxygen atoms in total. The predicted molar refractivity (Wildman–Crippen MR) is 132 cm³/mol. The molecule has 8 heteroatoms. The van der Waals surface area contributed by atoms with Crippen LogP contribution in [0.15, 0.2) is 55.1 Å². The van der Waals surface area contributed by atoms with Gasteiger partial charge in [0.2, 0.25) is 0 Å². The Balaban J connectivity index is 1.21. The molecule has 1 fully saturated rings. The Labute approximate surface area is 197 Å². The summed E-state index contributed by atoms with van der Waals surface area (Å²) in [7, 11) is 4.07. The van der Waals surface area contributed by atoms with Gasteiger partial charge in [-0.3, -0.25) is 19.1 Å². The van der Waals surface area contributed by atoms with Gasteiger partial charge in [0.1, 0.15) is 0 Å². The fourth-order valence-electron chi connectivity index (χ4n) is 4.98. The van der Waals surface area contributed by atoms with E-state index in [-0.39, 0.29) is 5.91 Å². The summed E-state index contributed by atoms with van der Waals surface area (Å²) in [6, 6.07) is 8.60. The fourth-order valence-corrected chi connectivity index (χ4v) is 4.98. The van der Waals surface area contributed by atoms with Crippen LogP contribution in [0.25, 0.3) is 16.5 Å². The van der Waals surface area contributed by atoms with Crippen molar-refractivity contribution in [2.45, 2.75) is 25.3 Å². The van der Waals surface area contributed by atoms with Crippen LogP contribution in [-0.4, -0.2) is 55.5 Å². The smallest absolute Gasteiger partial charge is 0.257 e. The van der Waals surface area contributed by atoms with E-state index >= 15 is 0 Å². The molecule has 3 aromatic heterocycles. The number of hydrogen-bond donors (Lipinski definition) is 1. The molecule has 1 N–H and O–H groups in total. The Bertz CT molecular complexity index is 1420. The number of amides is 1. The second-order valence-corrected chi connectivity index (χ2v) is 9.31. The molecule has 4 heterocycles. The largest absolute Gasteiger partial charge is 0.319 e. The number of aromatic nitrogens is 5. The van der Waals surface area contributed by atoms with Crippen LogP contribution in [0.1, 0.15) is 46.1 Å². The van der Waals surface area contributed by atoms with Gasteiger partial charge in [0.25, 0.3) is 5.91 Å². The number of hydrogen-bond acceptors (Lipinski definition) is 5. The molecule has 4 aromatic rings. The van der Waals surface area contributed by atoms with E-state index in [9.17, 15) is 4.79 Å². The highest BCUT2D eigenvalue weighted by molar-refractivity contribution is 6.05. The average Bonchev–Trinajstić information content (AvgIpc) is 3.56. The zero-order valence-corrected chi connectivity index (χ0v) is 19.4. The van der Waals surface area contributed by atoms with Crippen LogP contribution >= 0.6 is 0 Å². The molecule has 1 aromatic carbocycles. The molecule has 0 radical (unpaired) electrons. The normalized spacial score (nSPS) is 16.6. The number of fused-ring (bicyclic) bond motifs is 2. The summed E-state index contributed by atoms with van der Waals surface area (Å²) in [5.41, 5.74) is 6.45. The Morgan fingerprint density at radius 1 is 1.09 bits per heavy atom. The maximum atomic E-state index is 13.0. The van der Waals surface area contributed by atoms with Crippen LogP contribution in [0.4, 0.5) is 5.69 Å². The van der Waals surface area contributed by atoms with Gasteiger partial charge < -0.3 is 10.2 Å². The first-order chi connectivity index (χ1) is 16.5. The van der Waals surface area contributed by atoms with E-state index in [1.807, 2.05) is 40.9 Å². The number of allylic oxidation sites excluding steroid dienone is 1. The molecule has 1 aliphatic heterocycles. The van der Waals surface area contributed by atoms with Gasteiger partial charge in [-0.25, -0.2) is 0 Å². The summed E-state index contributed by atoms with van der Waals surface area (Å²) >= 11 is 0. The minimum absolute atomic E-state index is 0.174. The van der Waals surface area contributed by atoms with E-state index in [1.54, 1.807) is 12.4 Å². The number of aryl methyl sites for hydroxylation is 1. The molecule has 172 valence electrons. The Hall–Kier alpha value is -3.78. The highest BCUT2D eigenvalue weighted by Gasteiger charge is 2.21. The lowest BCUT2D eigenvalue weighted by Gasteiger charge is -2.28. The van der Waals surface area contributed by atoms with Gasteiger partial charge in [0.05, 0.1) is 34.7 Å². The van der Waals surface area contributed by atoms with Crippen molar-refractivity contribution in [2.24, 2.45) is 7.05 Å². The first-order valence-corrected chi connectivity index (χ1v) is 11.7. The third-order valence-corrected chi connectivity index (χ3v) is 6.87. The lowest BCUT2D eigenvalue weighted by molar-refractivity contribution is 0.102. The number of nitrogens with one attached hydrogen (secondary N) is 1. The molecular weight excluding hydrogens is 426 g/mol. The molecular formula is C26H27N7O. The number of carbonyl (C=O) groups excluding carboxylic acids is 1. The van der Waals surface area contributed by atoms with Crippen molar-refractivity contribution in [2.75, 3.05) is 25.5 Å². The van der Waals surface area contributed by atoms with Gasteiger partial charge in [0, 0.05) is 43.0 Å². The van der Waals surface area contributed by atoms with Crippen LogP contribution in [0.5, 0.6) is 0 Å². The van der Waals surface area contributed by atoms with Crippen LogP contribution < -0.4 is 5.32 Å². The van der Waals surface area contributed by atoms with Gasteiger partial charge in [-0.1, -0.05) is 12.1 Å². The lowest BCUT2D eigenvalue weighted by atomic mass is 9.99. The van der Waals surface area contributed by atoms with Gasteiger partial charge in [-0.2, -0.15) is 10.2 Å². The van der Waals surface area contributed by atoms with Crippen LogP contribution in [0.2, 0.25) is 0 Å². The Morgan fingerprint density at radius 2 is 1.94 bits per heavy atom. The van der Waals surface area contributed by atoms with Crippen molar-refractivity contribution in [1.82, 2.24) is 29.4 Å². The van der Waals surface area contributed by atoms with Crippen LogP contribution in [0, 0.1) is 0 Å². The van der Waals surface area contributed by atoms with Crippen molar-refractivity contribution < 1.29 is 4.79 Å². The quantitative estimate of drug-likeness (QED) is 0.510.